The van der Waals surface area contributed by atoms with Crippen molar-refractivity contribution in [3.05, 3.63) is 95.6 Å². The van der Waals surface area contributed by atoms with Crippen molar-refractivity contribution in [2.24, 2.45) is 5.41 Å². The predicted molar refractivity (Wildman–Crippen MR) is 132 cm³/mol. The van der Waals surface area contributed by atoms with E-state index in [-0.39, 0.29) is 5.78 Å². The lowest BCUT2D eigenvalue weighted by atomic mass is 9.69. The van der Waals surface area contributed by atoms with Gasteiger partial charge >= 0.3 is 0 Å². The number of hydrogen-bond acceptors (Lipinski definition) is 6. The van der Waals surface area contributed by atoms with Crippen molar-refractivity contribution in [3.8, 4) is 23.6 Å². The Morgan fingerprint density at radius 3 is 2.09 bits per heavy atom. The zero-order valence-corrected chi connectivity index (χ0v) is 19.4. The minimum atomic E-state index is -1.48. The Morgan fingerprint density at radius 1 is 0.886 bits per heavy atom. The van der Waals surface area contributed by atoms with Crippen molar-refractivity contribution in [2.45, 2.75) is 18.0 Å². The molecule has 2 heterocycles. The van der Waals surface area contributed by atoms with Crippen LogP contribution in [0.5, 0.6) is 11.5 Å². The van der Waals surface area contributed by atoms with Crippen LogP contribution in [-0.4, -0.2) is 32.1 Å². The lowest BCUT2D eigenvalue weighted by Crippen LogP contribution is -2.44. The maximum absolute atomic E-state index is 14.2. The SMILES string of the molecule is COc1ccc(C(=O)[C@H]2[C@H](c3ccc(OC)cc3)C(C#N)(C#N)[C@@H]3C=Cc4ccccc4N32)cc1. The Bertz CT molecular complexity index is 1370. The monoisotopic (exact) mass is 461 g/mol. The standard InChI is InChI=1S/C29H23N3O3/c1-34-22-12-7-20(8-13-22)26-27(28(33)21-9-14-23(35-2)15-10-21)32-24-6-4-3-5-19(24)11-16-25(32)29(26,17-30)18-31/h3-16,25-27H,1-2H3/t25-,26-,27+/m0/s1. The number of hydrogen-bond donors (Lipinski definition) is 0. The molecule has 0 unspecified atom stereocenters. The van der Waals surface area contributed by atoms with Crippen LogP contribution in [0, 0.1) is 28.1 Å². The van der Waals surface area contributed by atoms with Gasteiger partial charge in [0.2, 0.25) is 0 Å². The molecule has 0 amide bonds. The number of methoxy groups -OCH3 is 2. The number of benzene rings is 3. The fourth-order valence-electron chi connectivity index (χ4n) is 5.35. The normalized spacial score (nSPS) is 21.3. The highest BCUT2D eigenvalue weighted by Crippen LogP contribution is 2.55. The second kappa shape index (κ2) is 8.66. The van der Waals surface area contributed by atoms with E-state index in [2.05, 4.69) is 12.1 Å². The van der Waals surface area contributed by atoms with Gasteiger partial charge in [-0.1, -0.05) is 42.5 Å². The van der Waals surface area contributed by atoms with Crippen molar-refractivity contribution < 1.29 is 14.3 Å². The smallest absolute Gasteiger partial charge is 0.185 e. The van der Waals surface area contributed by atoms with Crippen molar-refractivity contribution in [3.63, 3.8) is 0 Å². The number of rotatable bonds is 5. The number of carbonyl (C=O) groups excluding carboxylic acids is 1. The second-order valence-electron chi connectivity index (χ2n) is 8.65. The Labute approximate surface area is 204 Å². The van der Waals surface area contributed by atoms with Crippen LogP contribution in [0.3, 0.4) is 0 Å². The molecule has 3 atom stereocenters. The predicted octanol–water partition coefficient (Wildman–Crippen LogP) is 4.99. The molecule has 2 aliphatic rings. The molecular weight excluding hydrogens is 438 g/mol. The van der Waals surface area contributed by atoms with Crippen LogP contribution in [0.2, 0.25) is 0 Å². The zero-order chi connectivity index (χ0) is 24.6. The largest absolute Gasteiger partial charge is 0.497 e. The molecule has 0 bridgehead atoms. The van der Waals surface area contributed by atoms with Crippen molar-refractivity contribution in [1.29, 1.82) is 10.5 Å². The van der Waals surface area contributed by atoms with E-state index in [1.165, 1.54) is 0 Å². The maximum atomic E-state index is 14.2. The highest BCUT2D eigenvalue weighted by molar-refractivity contribution is 6.04. The minimum Gasteiger partial charge on any atom is -0.497 e. The Kier molecular flexibility index (Phi) is 5.51. The first-order valence-corrected chi connectivity index (χ1v) is 11.3. The summed E-state index contributed by atoms with van der Waals surface area (Å²) in [6.07, 6.45) is 3.82. The summed E-state index contributed by atoms with van der Waals surface area (Å²) in [5.41, 5.74) is 1.52. The molecule has 1 saturated heterocycles. The van der Waals surface area contributed by atoms with Crippen LogP contribution < -0.4 is 14.4 Å². The quantitative estimate of drug-likeness (QED) is 0.498. The number of nitriles is 2. The lowest BCUT2D eigenvalue weighted by molar-refractivity contribution is 0.0951. The lowest BCUT2D eigenvalue weighted by Gasteiger charge is -2.35. The molecular formula is C29H23N3O3. The van der Waals surface area contributed by atoms with Gasteiger partial charge < -0.3 is 14.4 Å². The van der Waals surface area contributed by atoms with E-state index in [0.717, 1.165) is 16.8 Å². The summed E-state index contributed by atoms with van der Waals surface area (Å²) in [7, 11) is 3.15. The van der Waals surface area contributed by atoms with Crippen LogP contribution in [-0.2, 0) is 0 Å². The Balaban J connectivity index is 1.74. The molecule has 35 heavy (non-hydrogen) atoms. The number of fused-ring (bicyclic) bond motifs is 3. The highest BCUT2D eigenvalue weighted by atomic mass is 16.5. The van der Waals surface area contributed by atoms with Crippen LogP contribution in [0.1, 0.15) is 27.4 Å². The van der Waals surface area contributed by atoms with Gasteiger partial charge in [-0.15, -0.1) is 0 Å². The summed E-state index contributed by atoms with van der Waals surface area (Å²) >= 11 is 0. The number of anilines is 1. The minimum absolute atomic E-state index is 0.157. The number of carbonyl (C=O) groups is 1. The second-order valence-corrected chi connectivity index (χ2v) is 8.65. The first kappa shape index (κ1) is 22.3. The summed E-state index contributed by atoms with van der Waals surface area (Å²) in [4.78, 5) is 16.1. The third-order valence-electron chi connectivity index (χ3n) is 7.03. The van der Waals surface area contributed by atoms with Gasteiger partial charge in [-0.05, 0) is 53.6 Å². The first-order chi connectivity index (χ1) is 17.1. The molecule has 3 aromatic carbocycles. The van der Waals surface area contributed by atoms with Crippen molar-refractivity contribution >= 4 is 17.5 Å². The van der Waals surface area contributed by atoms with Gasteiger partial charge in [0, 0.05) is 17.2 Å². The van der Waals surface area contributed by atoms with E-state index >= 15 is 0 Å². The van der Waals surface area contributed by atoms with Crippen molar-refractivity contribution in [2.75, 3.05) is 19.1 Å². The molecule has 1 fully saturated rings. The molecule has 6 heteroatoms. The van der Waals surface area contributed by atoms with Crippen LogP contribution in [0.4, 0.5) is 5.69 Å². The molecule has 0 N–H and O–H groups in total. The van der Waals surface area contributed by atoms with E-state index < -0.39 is 23.4 Å². The third kappa shape index (κ3) is 3.34. The molecule has 3 aromatic rings. The van der Waals surface area contributed by atoms with Gasteiger partial charge in [0.1, 0.15) is 17.5 Å². The summed E-state index contributed by atoms with van der Waals surface area (Å²) in [6.45, 7) is 0. The zero-order valence-electron chi connectivity index (χ0n) is 19.4. The van der Waals surface area contributed by atoms with E-state index in [0.29, 0.717) is 17.1 Å². The number of Topliss-reactive ketones (excluding diaryl/α,β-unsaturated/α-hetero) is 1. The number of ketones is 1. The van der Waals surface area contributed by atoms with Crippen LogP contribution in [0.15, 0.2) is 78.9 Å². The summed E-state index contributed by atoms with van der Waals surface area (Å²) in [5.74, 6) is 0.453. The summed E-state index contributed by atoms with van der Waals surface area (Å²) < 4.78 is 10.6. The molecule has 6 nitrogen and oxygen atoms in total. The van der Waals surface area contributed by atoms with Gasteiger partial charge in [0.15, 0.2) is 11.2 Å². The first-order valence-electron chi connectivity index (χ1n) is 11.3. The maximum Gasteiger partial charge on any atom is 0.185 e. The van der Waals surface area contributed by atoms with E-state index in [4.69, 9.17) is 9.47 Å². The van der Waals surface area contributed by atoms with Crippen LogP contribution in [0.25, 0.3) is 6.08 Å². The number of ether oxygens (including phenoxy) is 2. The average molecular weight is 462 g/mol. The number of nitrogens with zero attached hydrogens (tertiary/aromatic N) is 3. The third-order valence-corrected chi connectivity index (χ3v) is 7.03. The van der Waals surface area contributed by atoms with Gasteiger partial charge in [-0.25, -0.2) is 0 Å². The fraction of sp³-hybridized carbons (Fsp3) is 0.207. The molecule has 172 valence electrons. The molecule has 0 saturated carbocycles. The van der Waals surface area contributed by atoms with Gasteiger partial charge in [-0.3, -0.25) is 4.79 Å². The van der Waals surface area contributed by atoms with E-state index in [9.17, 15) is 15.3 Å². The fourth-order valence-corrected chi connectivity index (χ4v) is 5.35. The molecule has 0 radical (unpaired) electrons. The average Bonchev–Trinajstić information content (AvgIpc) is 3.23. The number of para-hydroxylation sites is 1. The van der Waals surface area contributed by atoms with E-state index in [1.807, 2.05) is 53.5 Å². The Hall–Kier alpha value is -4.55. The summed E-state index contributed by atoms with van der Waals surface area (Å²) in [5, 5.41) is 21.0. The van der Waals surface area contributed by atoms with Gasteiger partial charge in [0.05, 0.1) is 32.4 Å². The van der Waals surface area contributed by atoms with Crippen molar-refractivity contribution in [1.82, 2.24) is 0 Å². The Morgan fingerprint density at radius 2 is 1.49 bits per heavy atom. The van der Waals surface area contributed by atoms with Crippen LogP contribution >= 0.6 is 0 Å². The molecule has 5 rings (SSSR count). The topological polar surface area (TPSA) is 86.3 Å². The molecule has 0 aliphatic carbocycles. The molecule has 0 aromatic heterocycles. The highest BCUT2D eigenvalue weighted by Gasteiger charge is 2.63. The van der Waals surface area contributed by atoms with E-state index in [1.54, 1.807) is 50.6 Å². The molecule has 2 aliphatic heterocycles. The van der Waals surface area contributed by atoms with Gasteiger partial charge in [0.25, 0.3) is 0 Å². The molecule has 0 spiro atoms. The summed E-state index contributed by atoms with van der Waals surface area (Å²) in [6, 6.07) is 25.3. The van der Waals surface area contributed by atoms with Gasteiger partial charge in [-0.2, -0.15) is 10.5 Å².